The molecule has 2 aromatic heterocycles. The largest absolute Gasteiger partial charge is 0.500 e. The van der Waals surface area contributed by atoms with E-state index in [1.165, 1.54) is 7.11 Å². The fourth-order valence-corrected chi connectivity index (χ4v) is 15.0. The van der Waals surface area contributed by atoms with Crippen LogP contribution in [-0.4, -0.2) is 239 Å². The van der Waals surface area contributed by atoms with Crippen molar-refractivity contribution in [3.8, 4) is 0 Å². The molecule has 2 aromatic rings. The Morgan fingerprint density at radius 1 is 0.427 bits per heavy atom. The fourth-order valence-electron chi connectivity index (χ4n) is 7.48. The highest BCUT2D eigenvalue weighted by molar-refractivity contribution is 7.99. The van der Waals surface area contributed by atoms with Gasteiger partial charge < -0.3 is 85.4 Å². The van der Waals surface area contributed by atoms with Crippen molar-refractivity contribution >= 4 is 70.9 Å². The molecular weight excluding hydrogens is 1050 g/mol. The summed E-state index contributed by atoms with van der Waals surface area (Å²) in [6.07, 6.45) is 2.17. The molecule has 0 unspecified atom stereocenters. The van der Waals surface area contributed by atoms with Gasteiger partial charge in [0.25, 0.3) is 0 Å². The number of aliphatic hydroxyl groups is 4. The number of methoxy groups -OCH3 is 4. The van der Waals surface area contributed by atoms with Gasteiger partial charge in [-0.1, -0.05) is 0 Å². The summed E-state index contributed by atoms with van der Waals surface area (Å²) in [6.45, 7) is 14.3. The maximum atomic E-state index is 10.4. The van der Waals surface area contributed by atoms with Crippen LogP contribution in [0.5, 0.6) is 0 Å². The summed E-state index contributed by atoms with van der Waals surface area (Å²) in [7, 11) is 0.606. The first-order valence-corrected chi connectivity index (χ1v) is 31.9. The summed E-state index contributed by atoms with van der Waals surface area (Å²) in [5.41, 5.74) is 0. The van der Waals surface area contributed by atoms with Gasteiger partial charge in [0, 0.05) is 112 Å². The van der Waals surface area contributed by atoms with E-state index in [0.717, 1.165) is 24.3 Å². The van der Waals surface area contributed by atoms with Crippen molar-refractivity contribution in [1.82, 2.24) is 29.9 Å². The van der Waals surface area contributed by atoms with Gasteiger partial charge >= 0.3 is 17.6 Å². The molecule has 436 valence electrons. The Bertz CT molecular complexity index is 1580. The summed E-state index contributed by atoms with van der Waals surface area (Å²) >= 11 is 3.31. The molecule has 4 N–H and O–H groups in total. The molecule has 0 aromatic carbocycles. The van der Waals surface area contributed by atoms with E-state index in [1.807, 2.05) is 51.3 Å². The first kappa shape index (κ1) is 68.7. The molecule has 2 heterocycles. The maximum Gasteiger partial charge on any atom is 0.500 e. The van der Waals surface area contributed by atoms with Crippen LogP contribution in [0.25, 0.3) is 0 Å². The number of hydrogen-bond acceptors (Lipinski definition) is 28. The Labute approximate surface area is 456 Å². The quantitative estimate of drug-likeness (QED) is 0.0421. The second-order valence-electron chi connectivity index (χ2n) is 16.2. The van der Waals surface area contributed by atoms with E-state index in [1.54, 1.807) is 59.6 Å². The van der Waals surface area contributed by atoms with Gasteiger partial charge in [-0.3, -0.25) is 9.80 Å². The predicted octanol–water partition coefficient (Wildman–Crippen LogP) is 3.23. The number of aromatic nitrogens is 6. The van der Waals surface area contributed by atoms with Crippen molar-refractivity contribution < 1.29 is 70.7 Å². The van der Waals surface area contributed by atoms with Crippen LogP contribution in [0.3, 0.4) is 0 Å². The molecule has 2 rings (SSSR count). The first-order valence-electron chi connectivity index (χ1n) is 25.8. The molecule has 0 aliphatic heterocycles. The second kappa shape index (κ2) is 41.6. The molecule has 0 saturated heterocycles. The molecule has 0 aliphatic rings. The Morgan fingerprint density at radius 2 is 0.760 bits per heavy atom. The van der Waals surface area contributed by atoms with Crippen molar-refractivity contribution in [3.63, 3.8) is 0 Å². The first-order chi connectivity index (χ1) is 36.5. The summed E-state index contributed by atoms with van der Waals surface area (Å²) < 4.78 is 65.0. The summed E-state index contributed by atoms with van der Waals surface area (Å²) in [5, 5.41) is 40.7. The predicted molar refractivity (Wildman–Crippen MR) is 295 cm³/mol. The van der Waals surface area contributed by atoms with Crippen LogP contribution in [0.4, 0.5) is 29.7 Å². The van der Waals surface area contributed by atoms with E-state index in [9.17, 15) is 20.4 Å². The highest BCUT2D eigenvalue weighted by Crippen LogP contribution is 2.28. The van der Waals surface area contributed by atoms with Crippen LogP contribution in [0.1, 0.15) is 79.0 Å². The van der Waals surface area contributed by atoms with E-state index in [4.69, 9.17) is 80.1 Å². The van der Waals surface area contributed by atoms with Crippen LogP contribution in [-0.2, 0) is 50.2 Å². The molecule has 0 aliphatic carbocycles. The van der Waals surface area contributed by atoms with Crippen molar-refractivity contribution in [3.05, 3.63) is 5.82 Å². The molecule has 0 amide bonds. The van der Waals surface area contributed by atoms with Crippen LogP contribution in [0.15, 0.2) is 0 Å². The van der Waals surface area contributed by atoms with E-state index < -0.39 is 23.5 Å². The third kappa shape index (κ3) is 25.0. The number of thioether (sulfide) groups is 2. The van der Waals surface area contributed by atoms with Gasteiger partial charge in [-0.2, -0.15) is 29.9 Å². The summed E-state index contributed by atoms with van der Waals surface area (Å²) in [4.78, 5) is 37.9. The Morgan fingerprint density at radius 3 is 1.15 bits per heavy atom. The fraction of sp³-hybridized carbons (Fsp3) is 0.867. The average molecular weight is 1150 g/mol. The molecule has 26 nitrogen and oxygen atoms in total. The normalized spacial score (nSPS) is 12.0. The zero-order valence-electron chi connectivity index (χ0n) is 46.4. The van der Waals surface area contributed by atoms with Crippen LogP contribution >= 0.6 is 23.5 Å². The number of aliphatic hydroxyl groups excluding tert-OH is 4. The highest BCUT2D eigenvalue weighted by Gasteiger charge is 2.40. The molecule has 0 saturated carbocycles. The standard InChI is InChI=1S/C45H91N11O15S2Si2/c1-11-66-74(67-12-2,68-13-3)29-17-27-72-37-53(22-26-60)43-49-44(54(31-61-7)32-62-8)51-45(50-43)55(33-63-9)36-65-35-52(21-25-59)41-46-40(39(19-23-57)20-24-58)47-42(48-41)56(34-64-10)38-73-28-18-30-75(69-14-4,70-15-5)71-16-6/h39,57-60H,11-38H2,1-10H3. The lowest BCUT2D eigenvalue weighted by Crippen LogP contribution is -2.46. The number of hydrogen-bond donors (Lipinski definition) is 4. The molecule has 0 radical (unpaired) electrons. The van der Waals surface area contributed by atoms with Gasteiger partial charge in [-0.15, -0.1) is 23.5 Å². The second-order valence-corrected chi connectivity index (χ2v) is 23.8. The smallest absolute Gasteiger partial charge is 0.396 e. The van der Waals surface area contributed by atoms with Crippen molar-refractivity contribution in [1.29, 1.82) is 0 Å². The van der Waals surface area contributed by atoms with E-state index in [-0.39, 0.29) is 97.7 Å². The lowest BCUT2D eigenvalue weighted by atomic mass is 10.0. The number of nitrogens with zero attached hydrogens (tertiary/aromatic N) is 11. The molecule has 0 bridgehead atoms. The van der Waals surface area contributed by atoms with Gasteiger partial charge in [-0.25, -0.2) is 0 Å². The number of rotatable bonds is 50. The average Bonchev–Trinajstić information content (AvgIpc) is 3.39. The molecule has 0 atom stereocenters. The minimum atomic E-state index is -2.82. The van der Waals surface area contributed by atoms with Crippen molar-refractivity contribution in [2.24, 2.45) is 0 Å². The minimum absolute atomic E-state index is 0.00289. The Balaban J connectivity index is 2.51. The third-order valence-electron chi connectivity index (χ3n) is 10.6. The van der Waals surface area contributed by atoms with Crippen LogP contribution in [0.2, 0.25) is 12.1 Å². The molecule has 75 heavy (non-hydrogen) atoms. The third-order valence-corrected chi connectivity index (χ3v) is 19.0. The van der Waals surface area contributed by atoms with Gasteiger partial charge in [0.2, 0.25) is 29.7 Å². The number of anilines is 5. The lowest BCUT2D eigenvalue weighted by molar-refractivity contribution is 0.0704. The molecule has 0 spiro atoms. The molecule has 30 heteroatoms. The van der Waals surface area contributed by atoms with Crippen molar-refractivity contribution in [2.75, 3.05) is 196 Å². The summed E-state index contributed by atoms with van der Waals surface area (Å²) in [6, 6.07) is 1.33. The monoisotopic (exact) mass is 1150 g/mol. The van der Waals surface area contributed by atoms with E-state index in [0.29, 0.717) is 94.0 Å². The Kier molecular flexibility index (Phi) is 38.1. The van der Waals surface area contributed by atoms with Crippen molar-refractivity contribution in [2.45, 2.75) is 85.2 Å². The van der Waals surface area contributed by atoms with Gasteiger partial charge in [-0.05, 0) is 78.7 Å². The zero-order valence-corrected chi connectivity index (χ0v) is 50.0. The molecule has 0 fully saturated rings. The van der Waals surface area contributed by atoms with E-state index >= 15 is 0 Å². The van der Waals surface area contributed by atoms with Crippen LogP contribution in [0, 0.1) is 0 Å². The Hall–Kier alpha value is -2.45. The molecular formula is C45H91N11O15S2Si2. The van der Waals surface area contributed by atoms with Gasteiger partial charge in [0.1, 0.15) is 46.2 Å². The topological polar surface area (TPSA) is 276 Å². The van der Waals surface area contributed by atoms with Crippen LogP contribution < -0.4 is 24.5 Å². The number of ether oxygens (including phenoxy) is 5. The maximum absolute atomic E-state index is 10.4. The zero-order chi connectivity index (χ0) is 55.2. The van der Waals surface area contributed by atoms with Gasteiger partial charge in [0.05, 0.1) is 25.0 Å². The van der Waals surface area contributed by atoms with Gasteiger partial charge in [0.15, 0.2) is 0 Å². The van der Waals surface area contributed by atoms with E-state index in [2.05, 4.69) is 0 Å². The highest BCUT2D eigenvalue weighted by atomic mass is 32.2. The lowest BCUT2D eigenvalue weighted by Gasteiger charge is -2.29. The SMILES string of the molecule is CCO[Si](CCCSCN(COC)c1nc(C(CCO)CCO)nc(N(CCO)COCN(COC)c2nc(N(COC)COC)nc(N(CCO)CSCCC[Si](OCC)(OCC)OCC)n2)n1)(OCC)OCC. The minimum Gasteiger partial charge on any atom is -0.396 e. The summed E-state index contributed by atoms with van der Waals surface area (Å²) in [5.74, 6) is 3.60.